The lowest BCUT2D eigenvalue weighted by molar-refractivity contribution is 1.44. The van der Waals surface area contributed by atoms with Crippen LogP contribution in [0.4, 0.5) is 5.69 Å². The standard InChI is InChI=1S/C6H4I2N/c7-4-1-2-6(9)5(8)3-4/h1-3,9H. The summed E-state index contributed by atoms with van der Waals surface area (Å²) in [7, 11) is 0. The van der Waals surface area contributed by atoms with Crippen molar-refractivity contribution in [3.8, 4) is 0 Å². The molecular weight excluding hydrogens is 340 g/mol. The summed E-state index contributed by atoms with van der Waals surface area (Å²) in [6.45, 7) is 0. The summed E-state index contributed by atoms with van der Waals surface area (Å²) in [6, 6.07) is 5.73. The van der Waals surface area contributed by atoms with Crippen LogP contribution in [0, 0.1) is 7.14 Å². The van der Waals surface area contributed by atoms with Gasteiger partial charge in [-0.15, -0.1) is 0 Å². The molecule has 1 radical (unpaired) electrons. The summed E-state index contributed by atoms with van der Waals surface area (Å²) in [5.41, 5.74) is 7.91. The lowest BCUT2D eigenvalue weighted by Crippen LogP contribution is -1.77. The van der Waals surface area contributed by atoms with E-state index in [2.05, 4.69) is 45.2 Å². The third-order valence-electron chi connectivity index (χ3n) is 0.931. The van der Waals surface area contributed by atoms with Crippen LogP contribution in [0.5, 0.6) is 0 Å². The molecule has 3 heteroatoms. The van der Waals surface area contributed by atoms with Gasteiger partial charge in [-0.1, -0.05) is 0 Å². The van der Waals surface area contributed by atoms with Gasteiger partial charge in [0.25, 0.3) is 0 Å². The number of hydrogen-bond acceptors (Lipinski definition) is 0. The van der Waals surface area contributed by atoms with Gasteiger partial charge >= 0.3 is 0 Å². The molecular formula is C6H4I2N. The van der Waals surface area contributed by atoms with Crippen molar-refractivity contribution in [2.24, 2.45) is 0 Å². The average Bonchev–Trinajstić information content (AvgIpc) is 1.80. The van der Waals surface area contributed by atoms with E-state index in [9.17, 15) is 0 Å². The van der Waals surface area contributed by atoms with Crippen LogP contribution in [0.2, 0.25) is 0 Å². The van der Waals surface area contributed by atoms with E-state index in [-0.39, 0.29) is 0 Å². The lowest BCUT2D eigenvalue weighted by Gasteiger charge is -1.94. The van der Waals surface area contributed by atoms with E-state index < -0.39 is 0 Å². The molecule has 0 aromatic heterocycles. The molecule has 0 saturated heterocycles. The van der Waals surface area contributed by atoms with E-state index in [1.165, 1.54) is 3.57 Å². The van der Waals surface area contributed by atoms with E-state index >= 15 is 0 Å². The Morgan fingerprint density at radius 1 is 1.22 bits per heavy atom. The quantitative estimate of drug-likeness (QED) is 0.647. The first-order chi connectivity index (χ1) is 4.20. The van der Waals surface area contributed by atoms with Crippen LogP contribution >= 0.6 is 45.2 Å². The number of rotatable bonds is 0. The molecule has 0 amide bonds. The highest BCUT2D eigenvalue weighted by Gasteiger charge is 1.93. The van der Waals surface area contributed by atoms with Gasteiger partial charge in [0.2, 0.25) is 0 Å². The molecule has 9 heavy (non-hydrogen) atoms. The van der Waals surface area contributed by atoms with Gasteiger partial charge in [0.05, 0.1) is 5.69 Å². The molecule has 0 bridgehead atoms. The molecule has 47 valence electrons. The molecule has 1 aromatic rings. The molecule has 0 saturated carbocycles. The summed E-state index contributed by atoms with van der Waals surface area (Å²) in [5, 5.41) is 0. The fourth-order valence-electron chi connectivity index (χ4n) is 0.489. The fraction of sp³-hybridized carbons (Fsp3) is 0. The van der Waals surface area contributed by atoms with Gasteiger partial charge in [-0.25, -0.2) is 0 Å². The Hall–Kier alpha value is 0.480. The highest BCUT2D eigenvalue weighted by Crippen LogP contribution is 2.18. The number of halogens is 2. The van der Waals surface area contributed by atoms with E-state index in [0.717, 1.165) is 3.57 Å². The fourth-order valence-corrected chi connectivity index (χ4v) is 2.09. The minimum atomic E-state index is 0.607. The minimum Gasteiger partial charge on any atom is -0.300 e. The molecule has 0 fully saturated rings. The van der Waals surface area contributed by atoms with Crippen LogP contribution in [0.3, 0.4) is 0 Å². The maximum Gasteiger partial charge on any atom is 0.0674 e. The van der Waals surface area contributed by atoms with Gasteiger partial charge in [0.1, 0.15) is 0 Å². The van der Waals surface area contributed by atoms with E-state index in [0.29, 0.717) is 5.69 Å². The van der Waals surface area contributed by atoms with Crippen LogP contribution in [-0.2, 0) is 0 Å². The van der Waals surface area contributed by atoms with Crippen molar-refractivity contribution in [1.29, 1.82) is 0 Å². The molecule has 0 unspecified atom stereocenters. The van der Waals surface area contributed by atoms with Gasteiger partial charge in [0, 0.05) is 7.14 Å². The van der Waals surface area contributed by atoms with E-state index in [1.54, 1.807) is 0 Å². The maximum atomic E-state index is 7.31. The smallest absolute Gasteiger partial charge is 0.0674 e. The average molecular weight is 344 g/mol. The van der Waals surface area contributed by atoms with Crippen molar-refractivity contribution in [1.82, 2.24) is 5.73 Å². The van der Waals surface area contributed by atoms with Crippen molar-refractivity contribution in [3.63, 3.8) is 0 Å². The molecule has 0 atom stereocenters. The first-order valence-electron chi connectivity index (χ1n) is 2.37. The second-order valence-corrected chi connectivity index (χ2v) is 4.03. The molecule has 0 aliphatic heterocycles. The van der Waals surface area contributed by atoms with Gasteiger partial charge < -0.3 is 0 Å². The van der Waals surface area contributed by atoms with Gasteiger partial charge in [-0.2, -0.15) is 0 Å². The zero-order valence-corrected chi connectivity index (χ0v) is 8.80. The Bertz CT molecular complexity index is 222. The highest BCUT2D eigenvalue weighted by atomic mass is 127. The first kappa shape index (κ1) is 7.59. The van der Waals surface area contributed by atoms with Crippen LogP contribution in [0.1, 0.15) is 0 Å². The third kappa shape index (κ3) is 1.96. The monoisotopic (exact) mass is 344 g/mol. The number of benzene rings is 1. The summed E-state index contributed by atoms with van der Waals surface area (Å²) < 4.78 is 2.20. The first-order valence-corrected chi connectivity index (χ1v) is 4.52. The summed E-state index contributed by atoms with van der Waals surface area (Å²) in [5.74, 6) is 0. The van der Waals surface area contributed by atoms with Crippen molar-refractivity contribution in [2.75, 3.05) is 0 Å². The van der Waals surface area contributed by atoms with Crippen LogP contribution in [0.15, 0.2) is 18.2 Å². The molecule has 0 spiro atoms. The zero-order chi connectivity index (χ0) is 6.85. The third-order valence-corrected chi connectivity index (χ3v) is 2.49. The number of nitrogens with one attached hydrogen (secondary N) is 1. The second kappa shape index (κ2) is 3.05. The lowest BCUT2D eigenvalue weighted by atomic mass is 10.3. The van der Waals surface area contributed by atoms with Crippen molar-refractivity contribution in [2.45, 2.75) is 0 Å². The van der Waals surface area contributed by atoms with Gasteiger partial charge in [-0.3, -0.25) is 5.73 Å². The van der Waals surface area contributed by atoms with Crippen LogP contribution in [-0.4, -0.2) is 0 Å². The SMILES string of the molecule is [NH]c1ccc(I)cc1I. The topological polar surface area (TPSA) is 23.8 Å². The molecule has 0 aliphatic carbocycles. The molecule has 0 heterocycles. The number of hydrogen-bond donors (Lipinski definition) is 0. The molecule has 0 aliphatic rings. The Kier molecular flexibility index (Phi) is 2.57. The summed E-state index contributed by atoms with van der Waals surface area (Å²) in [6.07, 6.45) is 0. The Balaban J connectivity index is 3.17. The molecule has 1 N–H and O–H groups in total. The van der Waals surface area contributed by atoms with Crippen LogP contribution < -0.4 is 5.73 Å². The summed E-state index contributed by atoms with van der Waals surface area (Å²) >= 11 is 4.39. The predicted molar refractivity (Wildman–Crippen MR) is 54.6 cm³/mol. The van der Waals surface area contributed by atoms with Crippen molar-refractivity contribution in [3.05, 3.63) is 25.3 Å². The predicted octanol–water partition coefficient (Wildman–Crippen LogP) is 2.81. The van der Waals surface area contributed by atoms with Crippen molar-refractivity contribution < 1.29 is 0 Å². The minimum absolute atomic E-state index is 0.607. The molecule has 1 rings (SSSR count). The Morgan fingerprint density at radius 2 is 1.89 bits per heavy atom. The maximum absolute atomic E-state index is 7.31. The summed E-state index contributed by atoms with van der Waals surface area (Å²) in [4.78, 5) is 0. The zero-order valence-electron chi connectivity index (χ0n) is 4.49. The Labute approximate surface area is 81.3 Å². The normalized spacial score (nSPS) is 9.56. The van der Waals surface area contributed by atoms with E-state index in [1.807, 2.05) is 18.2 Å². The Morgan fingerprint density at radius 3 is 2.33 bits per heavy atom. The molecule has 1 nitrogen and oxygen atoms in total. The second-order valence-electron chi connectivity index (χ2n) is 1.62. The largest absolute Gasteiger partial charge is 0.300 e. The van der Waals surface area contributed by atoms with E-state index in [4.69, 9.17) is 5.73 Å². The molecule has 1 aromatic carbocycles. The van der Waals surface area contributed by atoms with Gasteiger partial charge in [0.15, 0.2) is 0 Å². The highest BCUT2D eigenvalue weighted by molar-refractivity contribution is 14.1. The van der Waals surface area contributed by atoms with Crippen molar-refractivity contribution >= 4 is 50.9 Å². The van der Waals surface area contributed by atoms with Crippen LogP contribution in [0.25, 0.3) is 0 Å². The van der Waals surface area contributed by atoms with Gasteiger partial charge in [-0.05, 0) is 63.4 Å².